The molecule has 4 nitrogen and oxygen atoms in total. The molecule has 0 aromatic rings. The molecule has 16 heavy (non-hydrogen) atoms. The van der Waals surface area contributed by atoms with E-state index in [0.29, 0.717) is 12.6 Å². The maximum absolute atomic E-state index is 6.08. The molecule has 0 aromatic heterocycles. The highest BCUT2D eigenvalue weighted by Gasteiger charge is 2.54. The summed E-state index contributed by atoms with van der Waals surface area (Å²) >= 11 is 0. The average molecular weight is 229 g/mol. The van der Waals surface area contributed by atoms with Crippen molar-refractivity contribution in [2.24, 2.45) is 0 Å². The maximum atomic E-state index is 6.08. The summed E-state index contributed by atoms with van der Waals surface area (Å²) in [6.45, 7) is 9.04. The quantitative estimate of drug-likeness (QED) is 0.719. The van der Waals surface area contributed by atoms with Crippen molar-refractivity contribution in [2.75, 3.05) is 13.7 Å². The van der Waals surface area contributed by atoms with Gasteiger partial charge < -0.3 is 14.2 Å². The van der Waals surface area contributed by atoms with Crippen LogP contribution in [-0.2, 0) is 14.2 Å². The number of hydrogen-bond acceptors (Lipinski definition) is 4. The van der Waals surface area contributed by atoms with Gasteiger partial charge in [-0.1, -0.05) is 0 Å². The van der Waals surface area contributed by atoms with E-state index in [4.69, 9.17) is 14.2 Å². The first-order valence-corrected chi connectivity index (χ1v) is 6.14. The van der Waals surface area contributed by atoms with Crippen LogP contribution in [0.3, 0.4) is 0 Å². The van der Waals surface area contributed by atoms with Crippen LogP contribution in [0.1, 0.15) is 34.1 Å². The number of ether oxygens (including phenoxy) is 3. The highest BCUT2D eigenvalue weighted by Crippen LogP contribution is 2.41. The number of likely N-dealkylation sites (N-methyl/N-ethyl adjacent to an activating group) is 1. The molecule has 0 N–H and O–H groups in total. The van der Waals surface area contributed by atoms with Crippen LogP contribution in [-0.4, -0.2) is 48.8 Å². The lowest BCUT2D eigenvalue weighted by atomic mass is 9.86. The number of rotatable bonds is 2. The summed E-state index contributed by atoms with van der Waals surface area (Å²) < 4.78 is 17.5. The summed E-state index contributed by atoms with van der Waals surface area (Å²) in [5.41, 5.74) is -0.147. The van der Waals surface area contributed by atoms with Crippen molar-refractivity contribution < 1.29 is 14.2 Å². The van der Waals surface area contributed by atoms with Gasteiger partial charge in [-0.15, -0.1) is 0 Å². The summed E-state index contributed by atoms with van der Waals surface area (Å²) in [6, 6.07) is 0.319. The van der Waals surface area contributed by atoms with E-state index in [1.54, 1.807) is 0 Å². The Labute approximate surface area is 97.8 Å². The fraction of sp³-hybridized carbons (Fsp3) is 1.00. The maximum Gasteiger partial charge on any atom is 0.160 e. The van der Waals surface area contributed by atoms with E-state index in [1.807, 2.05) is 6.92 Å². The number of nitrogens with zero attached hydrogens (tertiary/aromatic N) is 1. The molecule has 0 saturated carbocycles. The van der Waals surface area contributed by atoms with Gasteiger partial charge in [0, 0.05) is 13.0 Å². The highest BCUT2D eigenvalue weighted by atomic mass is 16.7. The Balaban J connectivity index is 2.15. The topological polar surface area (TPSA) is 30.9 Å². The third-order valence-corrected chi connectivity index (χ3v) is 3.81. The zero-order valence-corrected chi connectivity index (χ0v) is 10.9. The standard InChI is InChI=1S/C12H23NO3/c1-6-14-10-7-12(4)11(8(2)15-10)13(5)9(3)16-12/h8-11H,6-7H2,1-5H3/t8-,9?,10+,11+,12-/m0/s1. The lowest BCUT2D eigenvalue weighted by Gasteiger charge is -2.43. The summed E-state index contributed by atoms with van der Waals surface area (Å²) in [6.07, 6.45) is 0.983. The Morgan fingerprint density at radius 1 is 1.44 bits per heavy atom. The fourth-order valence-corrected chi connectivity index (χ4v) is 3.17. The van der Waals surface area contributed by atoms with E-state index in [0.717, 1.165) is 6.42 Å². The molecule has 0 aromatic carbocycles. The molecule has 2 saturated heterocycles. The monoisotopic (exact) mass is 229 g/mol. The van der Waals surface area contributed by atoms with Crippen molar-refractivity contribution in [1.82, 2.24) is 4.90 Å². The second-order valence-corrected chi connectivity index (χ2v) is 5.07. The SMILES string of the molecule is CCO[C@H]1C[C@]2(C)OC(C)N(C)[C@@H]2[C@H](C)O1. The van der Waals surface area contributed by atoms with Crippen molar-refractivity contribution in [3.8, 4) is 0 Å². The smallest absolute Gasteiger partial charge is 0.160 e. The molecule has 2 aliphatic heterocycles. The van der Waals surface area contributed by atoms with Gasteiger partial charge in [0.15, 0.2) is 6.29 Å². The van der Waals surface area contributed by atoms with Crippen LogP contribution >= 0.6 is 0 Å². The van der Waals surface area contributed by atoms with Gasteiger partial charge in [0.05, 0.1) is 17.7 Å². The second-order valence-electron chi connectivity index (χ2n) is 5.07. The normalized spacial score (nSPS) is 49.3. The zero-order valence-electron chi connectivity index (χ0n) is 10.9. The first kappa shape index (κ1) is 12.3. The van der Waals surface area contributed by atoms with Gasteiger partial charge in [-0.2, -0.15) is 0 Å². The highest BCUT2D eigenvalue weighted by molar-refractivity contribution is 5.02. The predicted molar refractivity (Wildman–Crippen MR) is 61.1 cm³/mol. The Bertz CT molecular complexity index is 261. The van der Waals surface area contributed by atoms with Gasteiger partial charge in [0.25, 0.3) is 0 Å². The molecule has 1 unspecified atom stereocenters. The van der Waals surface area contributed by atoms with Gasteiger partial charge in [-0.25, -0.2) is 0 Å². The van der Waals surface area contributed by atoms with Crippen LogP contribution < -0.4 is 0 Å². The molecule has 2 heterocycles. The Morgan fingerprint density at radius 2 is 2.12 bits per heavy atom. The van der Waals surface area contributed by atoms with Crippen LogP contribution in [0.15, 0.2) is 0 Å². The van der Waals surface area contributed by atoms with Crippen LogP contribution in [0.4, 0.5) is 0 Å². The molecule has 94 valence electrons. The van der Waals surface area contributed by atoms with Crippen molar-refractivity contribution in [3.05, 3.63) is 0 Å². The average Bonchev–Trinajstić information content (AvgIpc) is 2.37. The fourth-order valence-electron chi connectivity index (χ4n) is 3.17. The summed E-state index contributed by atoms with van der Waals surface area (Å²) in [5, 5.41) is 0. The molecule has 0 aliphatic carbocycles. The third-order valence-electron chi connectivity index (χ3n) is 3.81. The summed E-state index contributed by atoms with van der Waals surface area (Å²) in [5.74, 6) is 0. The molecule has 0 bridgehead atoms. The summed E-state index contributed by atoms with van der Waals surface area (Å²) in [4.78, 5) is 2.26. The molecule has 2 rings (SSSR count). The molecule has 0 radical (unpaired) electrons. The molecular formula is C12H23NO3. The van der Waals surface area contributed by atoms with Crippen LogP contribution in [0.25, 0.3) is 0 Å². The largest absolute Gasteiger partial charge is 0.355 e. The van der Waals surface area contributed by atoms with Crippen LogP contribution in [0.5, 0.6) is 0 Å². The first-order chi connectivity index (χ1) is 7.48. The van der Waals surface area contributed by atoms with Crippen LogP contribution in [0, 0.1) is 0 Å². The Kier molecular flexibility index (Phi) is 3.27. The lowest BCUT2D eigenvalue weighted by molar-refractivity contribution is -0.237. The Morgan fingerprint density at radius 3 is 2.75 bits per heavy atom. The van der Waals surface area contributed by atoms with E-state index in [9.17, 15) is 0 Å². The molecule has 0 spiro atoms. The second kappa shape index (κ2) is 4.26. The molecule has 2 aliphatic rings. The van der Waals surface area contributed by atoms with Crippen molar-refractivity contribution in [2.45, 2.75) is 64.4 Å². The lowest BCUT2D eigenvalue weighted by Crippen LogP contribution is -2.57. The minimum absolute atomic E-state index is 0.125. The van der Waals surface area contributed by atoms with Crippen LogP contribution in [0.2, 0.25) is 0 Å². The molecular weight excluding hydrogens is 206 g/mol. The summed E-state index contributed by atoms with van der Waals surface area (Å²) in [7, 11) is 2.10. The molecule has 5 atom stereocenters. The minimum atomic E-state index is -0.147. The number of hydrogen-bond donors (Lipinski definition) is 0. The van der Waals surface area contributed by atoms with Gasteiger partial charge in [0.2, 0.25) is 0 Å². The van der Waals surface area contributed by atoms with Crippen molar-refractivity contribution >= 4 is 0 Å². The van der Waals surface area contributed by atoms with Gasteiger partial charge in [0.1, 0.15) is 6.23 Å². The molecule has 4 heteroatoms. The van der Waals surface area contributed by atoms with E-state index < -0.39 is 0 Å². The minimum Gasteiger partial charge on any atom is -0.355 e. The van der Waals surface area contributed by atoms with Crippen molar-refractivity contribution in [3.63, 3.8) is 0 Å². The zero-order chi connectivity index (χ0) is 11.9. The van der Waals surface area contributed by atoms with E-state index in [1.165, 1.54) is 0 Å². The Hall–Kier alpha value is -0.160. The van der Waals surface area contributed by atoms with E-state index in [-0.39, 0.29) is 24.2 Å². The van der Waals surface area contributed by atoms with Gasteiger partial charge in [-0.05, 0) is 34.7 Å². The van der Waals surface area contributed by atoms with Gasteiger partial charge in [-0.3, -0.25) is 4.90 Å². The predicted octanol–water partition coefficient (Wildman–Crippen LogP) is 1.59. The number of fused-ring (bicyclic) bond motifs is 1. The van der Waals surface area contributed by atoms with E-state index >= 15 is 0 Å². The molecule has 2 fully saturated rings. The molecule has 0 amide bonds. The van der Waals surface area contributed by atoms with Gasteiger partial charge >= 0.3 is 0 Å². The first-order valence-electron chi connectivity index (χ1n) is 6.14. The van der Waals surface area contributed by atoms with Crippen molar-refractivity contribution in [1.29, 1.82) is 0 Å². The third kappa shape index (κ3) is 1.88. The van der Waals surface area contributed by atoms with E-state index in [2.05, 4.69) is 32.7 Å².